The molecule has 2 aliphatic rings. The molecule has 1 N–H and O–H groups in total. The predicted octanol–water partition coefficient (Wildman–Crippen LogP) is 1.59. The number of phenolic OH excluding ortho intramolecular Hbond substituents is 1. The molecule has 0 radical (unpaired) electrons. The number of allylic oxidation sites excluding steroid dienone is 1. The van der Waals surface area contributed by atoms with Gasteiger partial charge >= 0.3 is 0 Å². The Morgan fingerprint density at radius 3 is 2.58 bits per heavy atom. The lowest BCUT2D eigenvalue weighted by Crippen LogP contribution is -2.60. The standard InChI is InChI=1S/C19H26N2O4S/c1-13(2)6-7-20-8-9-21(17-12-26(24,25)11-16(17)20)19(23)15-5-4-14(3)18(22)10-15/h4-6,10,16-17,22H,7-9,11-12H2,1-3H3/t16-,17+/m0/s1. The average molecular weight is 378 g/mol. The van der Waals surface area contributed by atoms with Crippen molar-refractivity contribution in [1.82, 2.24) is 9.80 Å². The van der Waals surface area contributed by atoms with Gasteiger partial charge in [-0.05, 0) is 38.5 Å². The summed E-state index contributed by atoms with van der Waals surface area (Å²) in [5.74, 6) is -0.0352. The van der Waals surface area contributed by atoms with Gasteiger partial charge in [0.25, 0.3) is 5.91 Å². The maximum Gasteiger partial charge on any atom is 0.254 e. The number of carbonyl (C=O) groups is 1. The second-order valence-corrected chi connectivity index (χ2v) is 9.64. The van der Waals surface area contributed by atoms with Crippen molar-refractivity contribution in [1.29, 1.82) is 0 Å². The molecule has 0 bridgehead atoms. The van der Waals surface area contributed by atoms with Crippen LogP contribution >= 0.6 is 0 Å². The maximum absolute atomic E-state index is 13.0. The zero-order valence-electron chi connectivity index (χ0n) is 15.5. The predicted molar refractivity (Wildman–Crippen MR) is 101 cm³/mol. The SMILES string of the molecule is CC(C)=CCN1CCN(C(=O)c2ccc(C)c(O)c2)[C@@H]2CS(=O)(=O)C[C@@H]21. The van der Waals surface area contributed by atoms with Gasteiger partial charge in [-0.3, -0.25) is 9.69 Å². The molecule has 1 aromatic carbocycles. The molecule has 26 heavy (non-hydrogen) atoms. The van der Waals surface area contributed by atoms with E-state index >= 15 is 0 Å². The van der Waals surface area contributed by atoms with Crippen LogP contribution in [0.5, 0.6) is 5.75 Å². The topological polar surface area (TPSA) is 77.9 Å². The fourth-order valence-corrected chi connectivity index (χ4v) is 5.72. The van der Waals surface area contributed by atoms with E-state index in [9.17, 15) is 18.3 Å². The lowest BCUT2D eigenvalue weighted by atomic mass is 10.0. The Bertz CT molecular complexity index is 843. The van der Waals surface area contributed by atoms with Crippen LogP contribution in [0.25, 0.3) is 0 Å². The normalized spacial score (nSPS) is 25.0. The summed E-state index contributed by atoms with van der Waals surface area (Å²) in [6, 6.07) is 4.34. The molecule has 1 aromatic rings. The number of benzene rings is 1. The smallest absolute Gasteiger partial charge is 0.254 e. The Hall–Kier alpha value is -1.86. The zero-order valence-corrected chi connectivity index (χ0v) is 16.3. The van der Waals surface area contributed by atoms with Gasteiger partial charge in [0, 0.05) is 31.2 Å². The van der Waals surface area contributed by atoms with Crippen LogP contribution in [0.2, 0.25) is 0 Å². The Morgan fingerprint density at radius 1 is 1.23 bits per heavy atom. The van der Waals surface area contributed by atoms with Crippen molar-refractivity contribution < 1.29 is 18.3 Å². The van der Waals surface area contributed by atoms with Crippen LogP contribution in [0.1, 0.15) is 29.8 Å². The molecule has 0 aliphatic carbocycles. The molecule has 2 saturated heterocycles. The van der Waals surface area contributed by atoms with Crippen LogP contribution in [0.3, 0.4) is 0 Å². The average Bonchev–Trinajstić information content (AvgIpc) is 2.89. The van der Waals surface area contributed by atoms with Crippen LogP contribution < -0.4 is 0 Å². The van der Waals surface area contributed by atoms with Crippen molar-refractivity contribution in [3.8, 4) is 5.75 Å². The number of phenols is 1. The Kier molecular flexibility index (Phi) is 5.12. The van der Waals surface area contributed by atoms with E-state index in [1.165, 1.54) is 11.6 Å². The number of piperazine rings is 1. The molecule has 2 fully saturated rings. The van der Waals surface area contributed by atoms with Gasteiger partial charge in [0.15, 0.2) is 9.84 Å². The van der Waals surface area contributed by atoms with Gasteiger partial charge in [-0.25, -0.2) is 8.42 Å². The first-order valence-electron chi connectivity index (χ1n) is 8.86. The number of aromatic hydroxyl groups is 1. The number of amides is 1. The number of hydrogen-bond acceptors (Lipinski definition) is 5. The van der Waals surface area contributed by atoms with Crippen molar-refractivity contribution in [2.75, 3.05) is 31.1 Å². The highest BCUT2D eigenvalue weighted by molar-refractivity contribution is 7.91. The number of hydrogen-bond donors (Lipinski definition) is 1. The van der Waals surface area contributed by atoms with Gasteiger partial charge < -0.3 is 10.0 Å². The minimum atomic E-state index is -3.17. The molecule has 142 valence electrons. The van der Waals surface area contributed by atoms with Crippen molar-refractivity contribution in [2.24, 2.45) is 0 Å². The van der Waals surface area contributed by atoms with Crippen LogP contribution in [-0.4, -0.2) is 72.5 Å². The van der Waals surface area contributed by atoms with E-state index in [-0.39, 0.29) is 35.2 Å². The van der Waals surface area contributed by atoms with Crippen LogP contribution in [0.4, 0.5) is 0 Å². The summed E-state index contributed by atoms with van der Waals surface area (Å²) in [6.45, 7) is 7.64. The van der Waals surface area contributed by atoms with E-state index in [4.69, 9.17) is 0 Å². The van der Waals surface area contributed by atoms with Crippen molar-refractivity contribution in [2.45, 2.75) is 32.9 Å². The van der Waals surface area contributed by atoms with Gasteiger partial charge in [-0.2, -0.15) is 0 Å². The minimum absolute atomic E-state index is 0.00652. The molecule has 6 nitrogen and oxygen atoms in total. The lowest BCUT2D eigenvalue weighted by molar-refractivity contribution is 0.0368. The number of carbonyl (C=O) groups excluding carboxylic acids is 1. The first-order valence-corrected chi connectivity index (χ1v) is 10.7. The summed E-state index contributed by atoms with van der Waals surface area (Å²) in [4.78, 5) is 16.8. The molecule has 2 atom stereocenters. The van der Waals surface area contributed by atoms with Gasteiger partial charge in [0.05, 0.1) is 17.5 Å². The summed E-state index contributed by atoms with van der Waals surface area (Å²) in [6.07, 6.45) is 2.09. The number of sulfone groups is 1. The molecular formula is C19H26N2O4S. The second kappa shape index (κ2) is 7.04. The molecule has 2 aliphatic heterocycles. The summed E-state index contributed by atoms with van der Waals surface area (Å²) in [7, 11) is -3.17. The highest BCUT2D eigenvalue weighted by Crippen LogP contribution is 2.29. The van der Waals surface area contributed by atoms with Gasteiger partial charge in [-0.15, -0.1) is 0 Å². The highest BCUT2D eigenvalue weighted by atomic mass is 32.2. The van der Waals surface area contributed by atoms with E-state index < -0.39 is 9.84 Å². The first-order chi connectivity index (χ1) is 12.2. The summed E-state index contributed by atoms with van der Waals surface area (Å²) in [5.41, 5.74) is 2.29. The molecule has 3 rings (SSSR count). The molecule has 0 saturated carbocycles. The Morgan fingerprint density at radius 2 is 1.92 bits per heavy atom. The minimum Gasteiger partial charge on any atom is -0.508 e. The maximum atomic E-state index is 13.0. The number of aryl methyl sites for hydroxylation is 1. The van der Waals surface area contributed by atoms with Crippen molar-refractivity contribution in [3.63, 3.8) is 0 Å². The van der Waals surface area contributed by atoms with Crippen molar-refractivity contribution >= 4 is 15.7 Å². The fraction of sp³-hybridized carbons (Fsp3) is 0.526. The molecular weight excluding hydrogens is 352 g/mol. The van der Waals surface area contributed by atoms with E-state index in [0.717, 1.165) is 0 Å². The number of rotatable bonds is 3. The third-order valence-corrected chi connectivity index (χ3v) is 6.94. The summed E-state index contributed by atoms with van der Waals surface area (Å²) < 4.78 is 24.5. The van der Waals surface area contributed by atoms with E-state index in [2.05, 4.69) is 11.0 Å². The molecule has 1 amide bonds. The Labute approximate surface area is 155 Å². The van der Waals surface area contributed by atoms with E-state index in [0.29, 0.717) is 30.8 Å². The lowest BCUT2D eigenvalue weighted by Gasteiger charge is -2.43. The van der Waals surface area contributed by atoms with Crippen LogP contribution in [-0.2, 0) is 9.84 Å². The molecule has 0 aromatic heterocycles. The second-order valence-electron chi connectivity index (χ2n) is 7.49. The molecule has 0 spiro atoms. The van der Waals surface area contributed by atoms with Crippen molar-refractivity contribution in [3.05, 3.63) is 41.0 Å². The summed E-state index contributed by atoms with van der Waals surface area (Å²) in [5, 5.41) is 9.90. The monoisotopic (exact) mass is 378 g/mol. The third-order valence-electron chi connectivity index (χ3n) is 5.24. The van der Waals surface area contributed by atoms with Gasteiger partial charge in [0.1, 0.15) is 5.75 Å². The summed E-state index contributed by atoms with van der Waals surface area (Å²) >= 11 is 0. The first kappa shape index (κ1) is 18.9. The highest BCUT2D eigenvalue weighted by Gasteiger charge is 2.47. The molecule has 2 heterocycles. The van der Waals surface area contributed by atoms with E-state index in [1.54, 1.807) is 24.0 Å². The van der Waals surface area contributed by atoms with Crippen LogP contribution in [0, 0.1) is 6.92 Å². The van der Waals surface area contributed by atoms with Gasteiger partial charge in [-0.1, -0.05) is 17.7 Å². The quantitative estimate of drug-likeness (QED) is 0.808. The van der Waals surface area contributed by atoms with E-state index in [1.807, 2.05) is 13.8 Å². The molecule has 0 unspecified atom stereocenters. The third kappa shape index (κ3) is 3.78. The van der Waals surface area contributed by atoms with Gasteiger partial charge in [0.2, 0.25) is 0 Å². The largest absolute Gasteiger partial charge is 0.508 e. The molecule has 7 heteroatoms. The fourth-order valence-electron chi connectivity index (χ4n) is 3.71. The number of nitrogens with zero attached hydrogens (tertiary/aromatic N) is 2. The van der Waals surface area contributed by atoms with Crippen LogP contribution in [0.15, 0.2) is 29.8 Å². The Balaban J connectivity index is 1.86. The zero-order chi connectivity index (χ0) is 19.1. The number of fused-ring (bicyclic) bond motifs is 1.